The summed E-state index contributed by atoms with van der Waals surface area (Å²) in [6.45, 7) is 5.74. The van der Waals surface area contributed by atoms with Gasteiger partial charge in [-0.05, 0) is 12.1 Å². The Hall–Kier alpha value is -1.95. The van der Waals surface area contributed by atoms with E-state index >= 15 is 0 Å². The van der Waals surface area contributed by atoms with Gasteiger partial charge in [-0.15, -0.1) is 0 Å². The van der Waals surface area contributed by atoms with Crippen molar-refractivity contribution in [1.82, 2.24) is 10.4 Å². The molecule has 0 aliphatic heterocycles. The standard InChI is InChI=1S/C11H15N3O3/c1-11(2,3)8-7(5-4-6-13-8)9(15)17-10(16)14-12/h4-6H,12H2,1-3H3,(H,14,16). The normalized spacial score (nSPS) is 10.8. The fourth-order valence-electron chi connectivity index (χ4n) is 1.34. The lowest BCUT2D eigenvalue weighted by atomic mass is 9.88. The van der Waals surface area contributed by atoms with Crippen LogP contribution in [0.1, 0.15) is 36.8 Å². The molecule has 0 atom stereocenters. The number of rotatable bonds is 1. The zero-order chi connectivity index (χ0) is 13.1. The minimum atomic E-state index is -1.00. The number of nitrogens with one attached hydrogen (secondary N) is 1. The maximum absolute atomic E-state index is 11.7. The number of hydrogen-bond acceptors (Lipinski definition) is 5. The number of pyridine rings is 1. The van der Waals surface area contributed by atoms with Gasteiger partial charge in [0.1, 0.15) is 0 Å². The fourth-order valence-corrected chi connectivity index (χ4v) is 1.34. The summed E-state index contributed by atoms with van der Waals surface area (Å²) in [7, 11) is 0. The molecule has 0 spiro atoms. The van der Waals surface area contributed by atoms with Crippen LogP contribution in [0.15, 0.2) is 18.3 Å². The molecule has 0 unspecified atom stereocenters. The third-order valence-corrected chi connectivity index (χ3v) is 2.04. The van der Waals surface area contributed by atoms with Crippen LogP contribution in [-0.4, -0.2) is 17.0 Å². The lowest BCUT2D eigenvalue weighted by molar-refractivity contribution is 0.0619. The van der Waals surface area contributed by atoms with Crippen LogP contribution in [0.4, 0.5) is 4.79 Å². The van der Waals surface area contributed by atoms with Crippen LogP contribution < -0.4 is 11.3 Å². The van der Waals surface area contributed by atoms with E-state index in [1.165, 1.54) is 0 Å². The molecular weight excluding hydrogens is 222 g/mol. The first-order valence-corrected chi connectivity index (χ1v) is 5.04. The summed E-state index contributed by atoms with van der Waals surface area (Å²) in [5.74, 6) is 4.06. The highest BCUT2D eigenvalue weighted by atomic mass is 16.6. The van der Waals surface area contributed by atoms with Crippen LogP contribution >= 0.6 is 0 Å². The second-order valence-electron chi connectivity index (χ2n) is 4.47. The maximum Gasteiger partial charge on any atom is 0.429 e. The smallest absolute Gasteiger partial charge is 0.372 e. The second kappa shape index (κ2) is 4.92. The van der Waals surface area contributed by atoms with Gasteiger partial charge in [-0.2, -0.15) is 0 Å². The average molecular weight is 237 g/mol. The number of amides is 1. The molecule has 1 aromatic heterocycles. The summed E-state index contributed by atoms with van der Waals surface area (Å²) in [6, 6.07) is 3.16. The Morgan fingerprint density at radius 1 is 1.41 bits per heavy atom. The molecule has 0 aliphatic carbocycles. The average Bonchev–Trinajstić information content (AvgIpc) is 2.27. The number of carbonyl (C=O) groups excluding carboxylic acids is 2. The van der Waals surface area contributed by atoms with E-state index in [0.717, 1.165) is 0 Å². The third kappa shape index (κ3) is 3.25. The summed E-state index contributed by atoms with van der Waals surface area (Å²) < 4.78 is 4.47. The summed E-state index contributed by atoms with van der Waals surface area (Å²) in [5.41, 5.74) is 2.21. The number of nitrogens with two attached hydrogens (primary N) is 1. The van der Waals surface area contributed by atoms with Crippen LogP contribution in [0.3, 0.4) is 0 Å². The van der Waals surface area contributed by atoms with Gasteiger partial charge in [0.25, 0.3) is 0 Å². The Bertz CT molecular complexity index is 438. The van der Waals surface area contributed by atoms with E-state index in [1.807, 2.05) is 20.8 Å². The molecule has 6 nitrogen and oxygen atoms in total. The van der Waals surface area contributed by atoms with Crippen molar-refractivity contribution in [3.63, 3.8) is 0 Å². The van der Waals surface area contributed by atoms with Crippen molar-refractivity contribution < 1.29 is 14.3 Å². The minimum Gasteiger partial charge on any atom is -0.372 e. The quantitative estimate of drug-likeness (QED) is 0.251. The van der Waals surface area contributed by atoms with Gasteiger partial charge in [0.2, 0.25) is 0 Å². The van der Waals surface area contributed by atoms with Crippen LogP contribution in [0.25, 0.3) is 0 Å². The Kier molecular flexibility index (Phi) is 3.80. The van der Waals surface area contributed by atoms with Crippen LogP contribution in [-0.2, 0) is 10.2 Å². The Morgan fingerprint density at radius 2 is 2.06 bits per heavy atom. The fraction of sp³-hybridized carbons (Fsp3) is 0.364. The number of carbonyl (C=O) groups is 2. The van der Waals surface area contributed by atoms with Gasteiger partial charge in [-0.1, -0.05) is 20.8 Å². The van der Waals surface area contributed by atoms with Gasteiger partial charge >= 0.3 is 12.1 Å². The highest BCUT2D eigenvalue weighted by Crippen LogP contribution is 2.23. The van der Waals surface area contributed by atoms with Crippen molar-refractivity contribution in [3.05, 3.63) is 29.6 Å². The van der Waals surface area contributed by atoms with Gasteiger partial charge < -0.3 is 4.74 Å². The summed E-state index contributed by atoms with van der Waals surface area (Å²) in [4.78, 5) is 26.7. The number of esters is 1. The molecule has 0 aliphatic rings. The van der Waals surface area contributed by atoms with E-state index in [2.05, 4.69) is 9.72 Å². The zero-order valence-corrected chi connectivity index (χ0v) is 9.98. The maximum atomic E-state index is 11.7. The van der Waals surface area contributed by atoms with Crippen molar-refractivity contribution >= 4 is 12.1 Å². The Labute approximate surface area is 99.1 Å². The monoisotopic (exact) mass is 237 g/mol. The molecule has 17 heavy (non-hydrogen) atoms. The second-order valence-corrected chi connectivity index (χ2v) is 4.47. The summed E-state index contributed by atoms with van der Waals surface area (Å²) in [6.07, 6.45) is 0.583. The molecule has 6 heteroatoms. The largest absolute Gasteiger partial charge is 0.429 e. The van der Waals surface area contributed by atoms with Gasteiger partial charge in [0.15, 0.2) is 0 Å². The topological polar surface area (TPSA) is 94.3 Å². The van der Waals surface area contributed by atoms with E-state index in [0.29, 0.717) is 5.69 Å². The van der Waals surface area contributed by atoms with Crippen molar-refractivity contribution in [1.29, 1.82) is 0 Å². The molecule has 0 radical (unpaired) electrons. The van der Waals surface area contributed by atoms with Crippen LogP contribution in [0.5, 0.6) is 0 Å². The van der Waals surface area contributed by atoms with Crippen molar-refractivity contribution in [2.75, 3.05) is 0 Å². The number of hydrogen-bond donors (Lipinski definition) is 2. The number of aromatic nitrogens is 1. The first kappa shape index (κ1) is 13.1. The number of ether oxygens (including phenoxy) is 1. The first-order valence-electron chi connectivity index (χ1n) is 5.04. The molecular formula is C11H15N3O3. The minimum absolute atomic E-state index is 0.253. The van der Waals surface area contributed by atoms with Gasteiger partial charge in [-0.3, -0.25) is 10.4 Å². The zero-order valence-electron chi connectivity index (χ0n) is 9.98. The summed E-state index contributed by atoms with van der Waals surface area (Å²) in [5, 5.41) is 0. The summed E-state index contributed by atoms with van der Waals surface area (Å²) >= 11 is 0. The predicted octanol–water partition coefficient (Wildman–Crippen LogP) is 1.12. The van der Waals surface area contributed by atoms with Crippen LogP contribution in [0.2, 0.25) is 0 Å². The Morgan fingerprint density at radius 3 is 2.59 bits per heavy atom. The van der Waals surface area contributed by atoms with Crippen molar-refractivity contribution in [2.45, 2.75) is 26.2 Å². The first-order chi connectivity index (χ1) is 7.86. The molecule has 0 bridgehead atoms. The molecule has 0 aromatic carbocycles. The van der Waals surface area contributed by atoms with Gasteiger partial charge in [0.05, 0.1) is 11.3 Å². The molecule has 1 rings (SSSR count). The SMILES string of the molecule is CC(C)(C)c1ncccc1C(=O)OC(=O)NN. The molecule has 3 N–H and O–H groups in total. The van der Waals surface area contributed by atoms with Gasteiger partial charge in [0, 0.05) is 11.6 Å². The Balaban J connectivity index is 3.06. The number of nitrogens with zero attached hydrogens (tertiary/aromatic N) is 1. The molecule has 0 fully saturated rings. The predicted molar refractivity (Wildman–Crippen MR) is 61.1 cm³/mol. The highest BCUT2D eigenvalue weighted by molar-refractivity contribution is 5.97. The number of hydrazine groups is 1. The van der Waals surface area contributed by atoms with E-state index < -0.39 is 12.1 Å². The molecule has 1 aromatic rings. The van der Waals surface area contributed by atoms with Gasteiger partial charge in [-0.25, -0.2) is 15.4 Å². The van der Waals surface area contributed by atoms with E-state index in [9.17, 15) is 9.59 Å². The third-order valence-electron chi connectivity index (χ3n) is 2.04. The van der Waals surface area contributed by atoms with E-state index in [4.69, 9.17) is 5.84 Å². The molecule has 1 amide bonds. The molecule has 1 heterocycles. The van der Waals surface area contributed by atoms with E-state index in [1.54, 1.807) is 23.8 Å². The van der Waals surface area contributed by atoms with Crippen LogP contribution in [0, 0.1) is 0 Å². The molecule has 0 saturated carbocycles. The lowest BCUT2D eigenvalue weighted by Gasteiger charge is -2.20. The lowest BCUT2D eigenvalue weighted by Crippen LogP contribution is -2.33. The molecule has 92 valence electrons. The molecule has 0 saturated heterocycles. The van der Waals surface area contributed by atoms with Crippen molar-refractivity contribution in [3.8, 4) is 0 Å². The van der Waals surface area contributed by atoms with E-state index in [-0.39, 0.29) is 11.0 Å². The van der Waals surface area contributed by atoms with Crippen molar-refractivity contribution in [2.24, 2.45) is 5.84 Å². The highest BCUT2D eigenvalue weighted by Gasteiger charge is 2.24.